The maximum atomic E-state index is 13.2. The van der Waals surface area contributed by atoms with Crippen LogP contribution in [0, 0.1) is 12.7 Å². The van der Waals surface area contributed by atoms with Gasteiger partial charge in [0.2, 0.25) is 5.91 Å². The van der Waals surface area contributed by atoms with Crippen LogP contribution in [0.2, 0.25) is 0 Å². The van der Waals surface area contributed by atoms with E-state index in [-0.39, 0.29) is 28.8 Å². The van der Waals surface area contributed by atoms with Gasteiger partial charge in [0.05, 0.1) is 17.7 Å². The first-order valence-corrected chi connectivity index (χ1v) is 11.6. The monoisotopic (exact) mass is 467 g/mol. The van der Waals surface area contributed by atoms with E-state index < -0.39 is 15.8 Å². The summed E-state index contributed by atoms with van der Waals surface area (Å²) < 4.78 is 48.2. The number of amides is 1. The number of ether oxygens (including phenoxy) is 1. The fraction of sp³-hybridized carbons (Fsp3) is 0.125. The van der Waals surface area contributed by atoms with Gasteiger partial charge in [-0.15, -0.1) is 0 Å². The SMILES string of the molecule is COc1ccc(NC(=O)Cn2c(C)cc3ccccc32)cc1NS(=O)(=O)c1ccc(F)cc1. The van der Waals surface area contributed by atoms with E-state index in [4.69, 9.17) is 4.74 Å². The molecule has 0 saturated carbocycles. The predicted octanol–water partition coefficient (Wildman–Crippen LogP) is 4.54. The van der Waals surface area contributed by atoms with Crippen LogP contribution in [-0.2, 0) is 21.4 Å². The van der Waals surface area contributed by atoms with Gasteiger partial charge in [0, 0.05) is 16.9 Å². The molecule has 170 valence electrons. The number of methoxy groups -OCH3 is 1. The van der Waals surface area contributed by atoms with Gasteiger partial charge < -0.3 is 14.6 Å². The van der Waals surface area contributed by atoms with Crippen LogP contribution in [0.4, 0.5) is 15.8 Å². The molecule has 0 aliphatic rings. The smallest absolute Gasteiger partial charge is 0.262 e. The number of anilines is 2. The molecular weight excluding hydrogens is 445 g/mol. The number of benzene rings is 3. The number of nitrogens with one attached hydrogen (secondary N) is 2. The summed E-state index contributed by atoms with van der Waals surface area (Å²) in [6.45, 7) is 2.03. The van der Waals surface area contributed by atoms with Crippen molar-refractivity contribution in [2.45, 2.75) is 18.4 Å². The first kappa shape index (κ1) is 22.3. The highest BCUT2D eigenvalue weighted by Gasteiger charge is 2.18. The Morgan fingerprint density at radius 1 is 1.03 bits per heavy atom. The Hall–Kier alpha value is -3.85. The summed E-state index contributed by atoms with van der Waals surface area (Å²) in [4.78, 5) is 12.6. The number of sulfonamides is 1. The minimum absolute atomic E-state index is 0.0992. The number of fused-ring (bicyclic) bond motifs is 1. The molecule has 3 aromatic carbocycles. The van der Waals surface area contributed by atoms with Crippen LogP contribution < -0.4 is 14.8 Å². The highest BCUT2D eigenvalue weighted by molar-refractivity contribution is 7.92. The highest BCUT2D eigenvalue weighted by Crippen LogP contribution is 2.30. The normalized spacial score (nSPS) is 11.4. The Balaban J connectivity index is 1.55. The molecule has 1 amide bonds. The summed E-state index contributed by atoms with van der Waals surface area (Å²) in [6.07, 6.45) is 0. The summed E-state index contributed by atoms with van der Waals surface area (Å²) in [5.74, 6) is -0.537. The van der Waals surface area contributed by atoms with Crippen molar-refractivity contribution >= 4 is 38.2 Å². The lowest BCUT2D eigenvalue weighted by atomic mass is 10.2. The summed E-state index contributed by atoms with van der Waals surface area (Å²) in [5, 5.41) is 3.84. The van der Waals surface area contributed by atoms with Crippen LogP contribution in [0.5, 0.6) is 5.75 Å². The van der Waals surface area contributed by atoms with E-state index in [1.807, 2.05) is 41.8 Å². The van der Waals surface area contributed by atoms with Crippen LogP contribution in [0.15, 0.2) is 77.7 Å². The zero-order valence-corrected chi connectivity index (χ0v) is 18.8. The Morgan fingerprint density at radius 3 is 2.48 bits per heavy atom. The Kier molecular flexibility index (Phi) is 6.06. The zero-order valence-electron chi connectivity index (χ0n) is 18.0. The minimum atomic E-state index is -3.99. The van der Waals surface area contributed by atoms with Gasteiger partial charge in [-0.2, -0.15) is 0 Å². The van der Waals surface area contributed by atoms with Gasteiger partial charge in [0.1, 0.15) is 18.1 Å². The highest BCUT2D eigenvalue weighted by atomic mass is 32.2. The first-order valence-electron chi connectivity index (χ1n) is 10.1. The number of hydrogen-bond donors (Lipinski definition) is 2. The first-order chi connectivity index (χ1) is 15.8. The zero-order chi connectivity index (χ0) is 23.6. The number of aryl methyl sites for hydroxylation is 1. The average molecular weight is 468 g/mol. The maximum Gasteiger partial charge on any atom is 0.262 e. The van der Waals surface area contributed by atoms with Crippen LogP contribution >= 0.6 is 0 Å². The fourth-order valence-corrected chi connectivity index (χ4v) is 4.65. The van der Waals surface area contributed by atoms with Crippen molar-refractivity contribution in [1.82, 2.24) is 4.57 Å². The van der Waals surface area contributed by atoms with Gasteiger partial charge in [-0.25, -0.2) is 12.8 Å². The van der Waals surface area contributed by atoms with E-state index >= 15 is 0 Å². The van der Waals surface area contributed by atoms with Crippen LogP contribution in [0.1, 0.15) is 5.69 Å². The number of hydrogen-bond acceptors (Lipinski definition) is 4. The summed E-state index contributed by atoms with van der Waals surface area (Å²) in [5.41, 5.74) is 2.44. The summed E-state index contributed by atoms with van der Waals surface area (Å²) >= 11 is 0. The molecule has 0 spiro atoms. The number of aromatic nitrogens is 1. The van der Waals surface area contributed by atoms with Crippen molar-refractivity contribution in [3.63, 3.8) is 0 Å². The van der Waals surface area contributed by atoms with Crippen molar-refractivity contribution in [1.29, 1.82) is 0 Å². The Bertz CT molecular complexity index is 1430. The van der Waals surface area contributed by atoms with Crippen molar-refractivity contribution in [2.24, 2.45) is 0 Å². The molecule has 1 aromatic heterocycles. The third-order valence-electron chi connectivity index (χ3n) is 5.17. The molecule has 7 nitrogen and oxygen atoms in total. The number of carbonyl (C=O) groups excluding carboxylic acids is 1. The maximum absolute atomic E-state index is 13.2. The molecule has 2 N–H and O–H groups in total. The molecule has 0 saturated heterocycles. The molecule has 33 heavy (non-hydrogen) atoms. The van der Waals surface area contributed by atoms with Crippen molar-refractivity contribution in [3.05, 3.63) is 84.3 Å². The molecule has 0 aliphatic carbocycles. The second-order valence-electron chi connectivity index (χ2n) is 7.45. The number of nitrogens with zero attached hydrogens (tertiary/aromatic N) is 1. The molecule has 4 aromatic rings. The van der Waals surface area contributed by atoms with Crippen molar-refractivity contribution in [2.75, 3.05) is 17.1 Å². The Labute approximate surface area is 190 Å². The lowest BCUT2D eigenvalue weighted by molar-refractivity contribution is -0.116. The fourth-order valence-electron chi connectivity index (χ4n) is 3.59. The van der Waals surface area contributed by atoms with Crippen LogP contribution in [0.25, 0.3) is 10.9 Å². The molecule has 0 aliphatic heterocycles. The number of halogens is 1. The molecule has 0 atom stereocenters. The van der Waals surface area contributed by atoms with E-state index in [1.54, 1.807) is 12.1 Å². The quantitative estimate of drug-likeness (QED) is 0.418. The number of para-hydroxylation sites is 1. The molecular formula is C24H22FN3O4S. The van der Waals surface area contributed by atoms with E-state index in [0.29, 0.717) is 5.69 Å². The largest absolute Gasteiger partial charge is 0.495 e. The van der Waals surface area contributed by atoms with Crippen LogP contribution in [0.3, 0.4) is 0 Å². The minimum Gasteiger partial charge on any atom is -0.495 e. The van der Waals surface area contributed by atoms with Crippen molar-refractivity contribution < 1.29 is 22.3 Å². The average Bonchev–Trinajstić information content (AvgIpc) is 3.09. The predicted molar refractivity (Wildman–Crippen MR) is 126 cm³/mol. The summed E-state index contributed by atoms with van der Waals surface area (Å²) in [7, 11) is -2.59. The molecule has 0 bridgehead atoms. The van der Waals surface area contributed by atoms with Crippen molar-refractivity contribution in [3.8, 4) is 5.75 Å². The topological polar surface area (TPSA) is 89.4 Å². The summed E-state index contributed by atoms with van der Waals surface area (Å²) in [6, 6.07) is 18.9. The number of carbonyl (C=O) groups is 1. The van der Waals surface area contributed by atoms with E-state index in [2.05, 4.69) is 10.0 Å². The molecule has 0 fully saturated rings. The third-order valence-corrected chi connectivity index (χ3v) is 6.55. The number of rotatable bonds is 7. The second kappa shape index (κ2) is 8.95. The molecule has 9 heteroatoms. The van der Waals surface area contributed by atoms with Gasteiger partial charge in [-0.3, -0.25) is 9.52 Å². The molecule has 0 unspecified atom stereocenters. The second-order valence-corrected chi connectivity index (χ2v) is 9.14. The van der Waals surface area contributed by atoms with Crippen LogP contribution in [-0.4, -0.2) is 26.0 Å². The molecule has 4 rings (SSSR count). The lowest BCUT2D eigenvalue weighted by Gasteiger charge is -2.14. The van der Waals surface area contributed by atoms with Gasteiger partial charge in [0.15, 0.2) is 0 Å². The van der Waals surface area contributed by atoms with Gasteiger partial charge in [-0.1, -0.05) is 18.2 Å². The van der Waals surface area contributed by atoms with E-state index in [1.165, 1.54) is 25.3 Å². The molecule has 1 heterocycles. The van der Waals surface area contributed by atoms with E-state index in [0.717, 1.165) is 28.7 Å². The van der Waals surface area contributed by atoms with Gasteiger partial charge in [-0.05, 0) is 66.9 Å². The van der Waals surface area contributed by atoms with E-state index in [9.17, 15) is 17.6 Å². The van der Waals surface area contributed by atoms with Gasteiger partial charge in [0.25, 0.3) is 10.0 Å². The third kappa shape index (κ3) is 4.83. The Morgan fingerprint density at radius 2 is 1.76 bits per heavy atom. The van der Waals surface area contributed by atoms with Gasteiger partial charge >= 0.3 is 0 Å². The lowest BCUT2D eigenvalue weighted by Crippen LogP contribution is -2.19. The molecule has 0 radical (unpaired) electrons. The standard InChI is InChI=1S/C24H22FN3O4S/c1-16-13-17-5-3-4-6-22(17)28(16)15-24(29)26-19-9-12-23(32-2)21(14-19)27-33(30,31)20-10-7-18(25)8-11-20/h3-14,27H,15H2,1-2H3,(H,26,29).